The lowest BCUT2D eigenvalue weighted by Gasteiger charge is -2.00. The third kappa shape index (κ3) is 3.18. The highest BCUT2D eigenvalue weighted by Gasteiger charge is 2.00. The molecule has 74 valence electrons. The lowest BCUT2D eigenvalue weighted by Crippen LogP contribution is -2.10. The number of hydrogen-bond donors (Lipinski definition) is 2. The number of rotatable bonds is 3. The van der Waals surface area contributed by atoms with E-state index in [-0.39, 0.29) is 5.71 Å². The molecular weight excluding hydrogens is 248 g/mol. The predicted octanol–water partition coefficient (Wildman–Crippen LogP) is 2.32. The minimum atomic E-state index is -1.03. The Labute approximate surface area is 89.8 Å². The maximum absolute atomic E-state index is 10.4. The van der Waals surface area contributed by atoms with Crippen LogP contribution in [0, 0.1) is 0 Å². The number of nitrogens with one attached hydrogen (secondary N) is 1. The molecule has 5 heteroatoms. The third-order valence-electron chi connectivity index (χ3n) is 1.49. The van der Waals surface area contributed by atoms with Gasteiger partial charge in [0.15, 0.2) is 0 Å². The van der Waals surface area contributed by atoms with E-state index in [1.54, 1.807) is 12.1 Å². The van der Waals surface area contributed by atoms with Crippen LogP contribution in [0.5, 0.6) is 0 Å². The van der Waals surface area contributed by atoms with Gasteiger partial charge < -0.3 is 5.11 Å². The molecule has 0 bridgehead atoms. The fourth-order valence-electron chi connectivity index (χ4n) is 0.754. The van der Waals surface area contributed by atoms with Crippen LogP contribution in [0.15, 0.2) is 33.8 Å². The standard InChI is InChI=1S/C9H9BrN2O2/c1-6(9(13)14)11-12-8-4-2-3-7(10)5-8/h2-5,12H,1H3,(H,13,14). The van der Waals surface area contributed by atoms with E-state index in [9.17, 15) is 4.79 Å². The molecule has 0 aromatic heterocycles. The minimum absolute atomic E-state index is 0.0185. The molecule has 0 spiro atoms. The van der Waals surface area contributed by atoms with Crippen LogP contribution in [0.1, 0.15) is 6.92 Å². The molecule has 0 unspecified atom stereocenters. The molecule has 1 rings (SSSR count). The maximum atomic E-state index is 10.4. The first-order valence-corrected chi connectivity index (χ1v) is 4.68. The molecule has 0 aliphatic carbocycles. The number of carboxylic acids is 1. The van der Waals surface area contributed by atoms with E-state index in [2.05, 4.69) is 26.5 Å². The van der Waals surface area contributed by atoms with E-state index in [1.165, 1.54) is 6.92 Å². The molecule has 0 aliphatic rings. The van der Waals surface area contributed by atoms with Gasteiger partial charge in [0.2, 0.25) is 0 Å². The summed E-state index contributed by atoms with van der Waals surface area (Å²) in [4.78, 5) is 10.4. The summed E-state index contributed by atoms with van der Waals surface area (Å²) in [6, 6.07) is 7.30. The van der Waals surface area contributed by atoms with E-state index in [1.807, 2.05) is 12.1 Å². The van der Waals surface area contributed by atoms with E-state index in [0.717, 1.165) is 10.2 Å². The van der Waals surface area contributed by atoms with Crippen molar-refractivity contribution < 1.29 is 9.90 Å². The van der Waals surface area contributed by atoms with Gasteiger partial charge in [0.1, 0.15) is 5.71 Å². The number of benzene rings is 1. The molecule has 0 aliphatic heterocycles. The SMILES string of the molecule is CC(=NNc1cccc(Br)c1)C(=O)O. The fourth-order valence-corrected chi connectivity index (χ4v) is 1.15. The lowest BCUT2D eigenvalue weighted by molar-refractivity contribution is -0.129. The van der Waals surface area contributed by atoms with Crippen molar-refractivity contribution in [1.82, 2.24) is 0 Å². The molecule has 0 heterocycles. The topological polar surface area (TPSA) is 61.7 Å². The molecule has 0 radical (unpaired) electrons. The summed E-state index contributed by atoms with van der Waals surface area (Å²) >= 11 is 3.29. The van der Waals surface area contributed by atoms with Crippen LogP contribution in [0.4, 0.5) is 5.69 Å². The Kier molecular flexibility index (Phi) is 3.64. The second kappa shape index (κ2) is 4.76. The summed E-state index contributed by atoms with van der Waals surface area (Å²) in [5.41, 5.74) is 3.40. The van der Waals surface area contributed by atoms with E-state index >= 15 is 0 Å². The van der Waals surface area contributed by atoms with Gasteiger partial charge in [-0.2, -0.15) is 5.10 Å². The summed E-state index contributed by atoms with van der Waals surface area (Å²) in [6.07, 6.45) is 0. The largest absolute Gasteiger partial charge is 0.477 e. The molecule has 0 amide bonds. The minimum Gasteiger partial charge on any atom is -0.477 e. The number of hydrogen-bond acceptors (Lipinski definition) is 3. The molecule has 1 aromatic carbocycles. The van der Waals surface area contributed by atoms with Crippen LogP contribution in [0.3, 0.4) is 0 Å². The maximum Gasteiger partial charge on any atom is 0.351 e. The van der Waals surface area contributed by atoms with Gasteiger partial charge in [-0.3, -0.25) is 5.43 Å². The van der Waals surface area contributed by atoms with Crippen LogP contribution in [0.2, 0.25) is 0 Å². The molecule has 0 atom stereocenters. The smallest absolute Gasteiger partial charge is 0.351 e. The Morgan fingerprint density at radius 1 is 1.57 bits per heavy atom. The number of carbonyl (C=O) groups is 1. The molecule has 0 fully saturated rings. The van der Waals surface area contributed by atoms with Crippen molar-refractivity contribution >= 4 is 33.3 Å². The normalized spacial score (nSPS) is 11.1. The van der Waals surface area contributed by atoms with Crippen LogP contribution >= 0.6 is 15.9 Å². The van der Waals surface area contributed by atoms with Gasteiger partial charge in [-0.15, -0.1) is 0 Å². The predicted molar refractivity (Wildman–Crippen MR) is 58.5 cm³/mol. The Bertz CT molecular complexity index is 377. The molecule has 14 heavy (non-hydrogen) atoms. The van der Waals surface area contributed by atoms with Gasteiger partial charge in [-0.25, -0.2) is 4.79 Å². The zero-order valence-electron chi connectivity index (χ0n) is 7.49. The van der Waals surface area contributed by atoms with Gasteiger partial charge >= 0.3 is 5.97 Å². The Balaban J connectivity index is 2.71. The average Bonchev–Trinajstić information content (AvgIpc) is 2.14. The van der Waals surface area contributed by atoms with Crippen molar-refractivity contribution in [2.24, 2.45) is 5.10 Å². The monoisotopic (exact) mass is 256 g/mol. The van der Waals surface area contributed by atoms with Gasteiger partial charge in [0, 0.05) is 4.47 Å². The van der Waals surface area contributed by atoms with Gasteiger partial charge in [-0.1, -0.05) is 22.0 Å². The molecule has 2 N–H and O–H groups in total. The molecule has 0 saturated carbocycles. The average molecular weight is 257 g/mol. The second-order valence-corrected chi connectivity index (χ2v) is 3.54. The summed E-state index contributed by atoms with van der Waals surface area (Å²) in [6.45, 7) is 1.42. The fraction of sp³-hybridized carbons (Fsp3) is 0.111. The zero-order valence-corrected chi connectivity index (χ0v) is 9.08. The van der Waals surface area contributed by atoms with Crippen LogP contribution in [-0.4, -0.2) is 16.8 Å². The molecular formula is C9H9BrN2O2. The summed E-state index contributed by atoms with van der Waals surface area (Å²) in [5.74, 6) is -1.03. The van der Waals surface area contributed by atoms with E-state index < -0.39 is 5.97 Å². The van der Waals surface area contributed by atoms with Crippen molar-refractivity contribution in [3.05, 3.63) is 28.7 Å². The highest BCUT2D eigenvalue weighted by molar-refractivity contribution is 9.10. The molecule has 4 nitrogen and oxygen atoms in total. The van der Waals surface area contributed by atoms with Crippen molar-refractivity contribution in [1.29, 1.82) is 0 Å². The van der Waals surface area contributed by atoms with E-state index in [0.29, 0.717) is 0 Å². The first-order valence-electron chi connectivity index (χ1n) is 3.89. The zero-order chi connectivity index (χ0) is 10.6. The van der Waals surface area contributed by atoms with Crippen molar-refractivity contribution in [2.75, 3.05) is 5.43 Å². The summed E-state index contributed by atoms with van der Waals surface area (Å²) in [5, 5.41) is 12.2. The highest BCUT2D eigenvalue weighted by atomic mass is 79.9. The number of aliphatic carboxylic acids is 1. The van der Waals surface area contributed by atoms with Crippen LogP contribution < -0.4 is 5.43 Å². The van der Waals surface area contributed by atoms with Gasteiger partial charge in [0.05, 0.1) is 5.69 Å². The van der Waals surface area contributed by atoms with Crippen molar-refractivity contribution in [3.63, 3.8) is 0 Å². The molecule has 0 saturated heterocycles. The number of hydrazone groups is 1. The number of anilines is 1. The Morgan fingerprint density at radius 2 is 2.29 bits per heavy atom. The number of halogens is 1. The van der Waals surface area contributed by atoms with Crippen LogP contribution in [-0.2, 0) is 4.79 Å². The Hall–Kier alpha value is -1.36. The van der Waals surface area contributed by atoms with Crippen molar-refractivity contribution in [3.8, 4) is 0 Å². The second-order valence-electron chi connectivity index (χ2n) is 2.62. The lowest BCUT2D eigenvalue weighted by atomic mass is 10.3. The third-order valence-corrected chi connectivity index (χ3v) is 1.98. The highest BCUT2D eigenvalue weighted by Crippen LogP contribution is 2.15. The summed E-state index contributed by atoms with van der Waals surface area (Å²) in [7, 11) is 0. The van der Waals surface area contributed by atoms with Crippen LogP contribution in [0.25, 0.3) is 0 Å². The van der Waals surface area contributed by atoms with Crippen molar-refractivity contribution in [2.45, 2.75) is 6.92 Å². The first kappa shape index (κ1) is 10.7. The number of nitrogens with zero attached hydrogens (tertiary/aromatic N) is 1. The Morgan fingerprint density at radius 3 is 2.86 bits per heavy atom. The first-order chi connectivity index (χ1) is 6.59. The van der Waals surface area contributed by atoms with E-state index in [4.69, 9.17) is 5.11 Å². The number of carboxylic acid groups (broad SMARTS) is 1. The van der Waals surface area contributed by atoms with Gasteiger partial charge in [0.25, 0.3) is 0 Å². The summed E-state index contributed by atoms with van der Waals surface area (Å²) < 4.78 is 0.908. The quantitative estimate of drug-likeness (QED) is 0.645. The van der Waals surface area contributed by atoms with Gasteiger partial charge in [-0.05, 0) is 25.1 Å². The molecule has 1 aromatic rings.